The SMILES string of the molecule is CC(=O)Cc1nccc(-c2csc3ccccc23)n1. The second kappa shape index (κ2) is 4.90. The standard InChI is InChI=1S/C15H12N2OS/c1-10(18)8-15-16-7-6-13(17-15)12-9-19-14-5-3-2-4-11(12)14/h2-7,9H,8H2,1H3. The van der Waals surface area contributed by atoms with Crippen LogP contribution in [0, 0.1) is 0 Å². The van der Waals surface area contributed by atoms with Crippen LogP contribution in [0.4, 0.5) is 0 Å². The summed E-state index contributed by atoms with van der Waals surface area (Å²) in [6, 6.07) is 10.1. The van der Waals surface area contributed by atoms with Crippen LogP contribution in [0.5, 0.6) is 0 Å². The summed E-state index contributed by atoms with van der Waals surface area (Å²) in [5, 5.41) is 3.30. The van der Waals surface area contributed by atoms with Crippen LogP contribution in [-0.2, 0) is 11.2 Å². The van der Waals surface area contributed by atoms with Gasteiger partial charge in [-0.05, 0) is 19.1 Å². The van der Waals surface area contributed by atoms with Crippen molar-refractivity contribution in [3.05, 3.63) is 47.7 Å². The van der Waals surface area contributed by atoms with E-state index in [1.54, 1.807) is 24.5 Å². The van der Waals surface area contributed by atoms with Gasteiger partial charge in [0.2, 0.25) is 0 Å². The molecular weight excluding hydrogens is 256 g/mol. The lowest BCUT2D eigenvalue weighted by Crippen LogP contribution is -2.02. The molecule has 2 aromatic heterocycles. The Morgan fingerprint density at radius 3 is 2.95 bits per heavy atom. The highest BCUT2D eigenvalue weighted by atomic mass is 32.1. The molecule has 1 aromatic carbocycles. The minimum absolute atomic E-state index is 0.0762. The molecule has 19 heavy (non-hydrogen) atoms. The van der Waals surface area contributed by atoms with E-state index >= 15 is 0 Å². The van der Waals surface area contributed by atoms with E-state index in [0.717, 1.165) is 11.3 Å². The third-order valence-corrected chi connectivity index (χ3v) is 3.83. The average molecular weight is 268 g/mol. The first-order valence-corrected chi connectivity index (χ1v) is 6.90. The summed E-state index contributed by atoms with van der Waals surface area (Å²) in [4.78, 5) is 19.8. The Hall–Kier alpha value is -2.07. The van der Waals surface area contributed by atoms with Gasteiger partial charge in [-0.1, -0.05) is 18.2 Å². The maximum Gasteiger partial charge on any atom is 0.137 e. The number of ketones is 1. The molecule has 94 valence electrons. The van der Waals surface area contributed by atoms with E-state index in [4.69, 9.17) is 0 Å². The number of hydrogen-bond donors (Lipinski definition) is 0. The predicted octanol–water partition coefficient (Wildman–Crippen LogP) is 3.49. The van der Waals surface area contributed by atoms with Gasteiger partial charge >= 0.3 is 0 Å². The summed E-state index contributed by atoms with van der Waals surface area (Å²) in [5.74, 6) is 0.660. The predicted molar refractivity (Wildman–Crippen MR) is 77.2 cm³/mol. The summed E-state index contributed by atoms with van der Waals surface area (Å²) < 4.78 is 1.24. The van der Waals surface area contributed by atoms with E-state index in [0.29, 0.717) is 5.82 Å². The van der Waals surface area contributed by atoms with Gasteiger partial charge in [0.1, 0.15) is 11.6 Å². The molecule has 0 saturated heterocycles. The van der Waals surface area contributed by atoms with Crippen LogP contribution < -0.4 is 0 Å². The van der Waals surface area contributed by atoms with Gasteiger partial charge in [-0.15, -0.1) is 11.3 Å². The molecule has 2 heterocycles. The van der Waals surface area contributed by atoms with Crippen molar-refractivity contribution >= 4 is 27.2 Å². The Morgan fingerprint density at radius 1 is 1.26 bits per heavy atom. The van der Waals surface area contributed by atoms with Crippen molar-refractivity contribution in [2.45, 2.75) is 13.3 Å². The summed E-state index contributed by atoms with van der Waals surface area (Å²) in [6.45, 7) is 1.55. The zero-order valence-corrected chi connectivity index (χ0v) is 11.3. The normalized spacial score (nSPS) is 10.8. The van der Waals surface area contributed by atoms with E-state index < -0.39 is 0 Å². The Balaban J connectivity index is 2.09. The van der Waals surface area contributed by atoms with Crippen LogP contribution in [0.3, 0.4) is 0 Å². The summed E-state index contributed by atoms with van der Waals surface area (Å²) in [7, 11) is 0. The van der Waals surface area contributed by atoms with Gasteiger partial charge < -0.3 is 0 Å². The van der Waals surface area contributed by atoms with Crippen molar-refractivity contribution in [3.8, 4) is 11.3 Å². The lowest BCUT2D eigenvalue weighted by Gasteiger charge is -2.01. The Morgan fingerprint density at radius 2 is 2.11 bits per heavy atom. The average Bonchev–Trinajstić information content (AvgIpc) is 2.82. The maximum atomic E-state index is 11.1. The fourth-order valence-electron chi connectivity index (χ4n) is 2.03. The third-order valence-electron chi connectivity index (χ3n) is 2.87. The molecule has 0 amide bonds. The number of nitrogens with zero attached hydrogens (tertiary/aromatic N) is 2. The molecule has 0 aliphatic heterocycles. The maximum absolute atomic E-state index is 11.1. The highest BCUT2D eigenvalue weighted by Crippen LogP contribution is 2.32. The molecule has 3 rings (SSSR count). The van der Waals surface area contributed by atoms with E-state index in [1.165, 1.54) is 10.1 Å². The number of carbonyl (C=O) groups is 1. The molecule has 0 saturated carbocycles. The number of fused-ring (bicyclic) bond motifs is 1. The second-order valence-corrected chi connectivity index (χ2v) is 5.29. The molecule has 3 nitrogen and oxygen atoms in total. The lowest BCUT2D eigenvalue weighted by atomic mass is 10.1. The molecule has 4 heteroatoms. The first kappa shape index (κ1) is 12.0. The third kappa shape index (κ3) is 2.39. The molecule has 3 aromatic rings. The summed E-state index contributed by atoms with van der Waals surface area (Å²) >= 11 is 1.70. The monoisotopic (exact) mass is 268 g/mol. The molecule has 0 aliphatic carbocycles. The second-order valence-electron chi connectivity index (χ2n) is 4.38. The highest BCUT2D eigenvalue weighted by Gasteiger charge is 2.09. The fraction of sp³-hybridized carbons (Fsp3) is 0.133. The Bertz CT molecular complexity index is 748. The van der Waals surface area contributed by atoms with Gasteiger partial charge in [0.05, 0.1) is 12.1 Å². The van der Waals surface area contributed by atoms with Crippen molar-refractivity contribution in [2.75, 3.05) is 0 Å². The van der Waals surface area contributed by atoms with Crippen molar-refractivity contribution in [3.63, 3.8) is 0 Å². The van der Waals surface area contributed by atoms with Crippen molar-refractivity contribution in [1.29, 1.82) is 0 Å². The van der Waals surface area contributed by atoms with Crippen LogP contribution >= 0.6 is 11.3 Å². The number of carbonyl (C=O) groups excluding carboxylic acids is 1. The fourth-order valence-corrected chi connectivity index (χ4v) is 2.99. The molecule has 0 aliphatic rings. The van der Waals surface area contributed by atoms with Crippen LogP contribution in [0.1, 0.15) is 12.7 Å². The lowest BCUT2D eigenvalue weighted by molar-refractivity contribution is -0.116. The molecule has 0 fully saturated rings. The van der Waals surface area contributed by atoms with Gasteiger partial charge in [-0.3, -0.25) is 4.79 Å². The number of rotatable bonds is 3. The van der Waals surface area contributed by atoms with Crippen molar-refractivity contribution < 1.29 is 4.79 Å². The number of hydrogen-bond acceptors (Lipinski definition) is 4. The zero-order valence-electron chi connectivity index (χ0n) is 10.5. The number of thiophene rings is 1. The highest BCUT2D eigenvalue weighted by molar-refractivity contribution is 7.17. The zero-order chi connectivity index (χ0) is 13.2. The van der Waals surface area contributed by atoms with Crippen LogP contribution in [0.25, 0.3) is 21.3 Å². The molecular formula is C15H12N2OS. The van der Waals surface area contributed by atoms with Crippen molar-refractivity contribution in [2.24, 2.45) is 0 Å². The van der Waals surface area contributed by atoms with E-state index in [-0.39, 0.29) is 12.2 Å². The first-order valence-electron chi connectivity index (χ1n) is 6.02. The van der Waals surface area contributed by atoms with Crippen LogP contribution in [0.2, 0.25) is 0 Å². The van der Waals surface area contributed by atoms with Gasteiger partial charge in [-0.25, -0.2) is 9.97 Å². The van der Waals surface area contributed by atoms with E-state index in [9.17, 15) is 4.79 Å². The van der Waals surface area contributed by atoms with Gasteiger partial charge in [-0.2, -0.15) is 0 Å². The smallest absolute Gasteiger partial charge is 0.137 e. The van der Waals surface area contributed by atoms with Crippen LogP contribution in [-0.4, -0.2) is 15.8 Å². The summed E-state index contributed by atoms with van der Waals surface area (Å²) in [6.07, 6.45) is 2.00. The largest absolute Gasteiger partial charge is 0.300 e. The first-order chi connectivity index (χ1) is 9.24. The molecule has 0 unspecified atom stereocenters. The minimum atomic E-state index is 0.0762. The summed E-state index contributed by atoms with van der Waals surface area (Å²) in [5.41, 5.74) is 1.98. The van der Waals surface area contributed by atoms with E-state index in [1.807, 2.05) is 18.2 Å². The van der Waals surface area contributed by atoms with Gasteiger partial charge in [0, 0.05) is 27.2 Å². The minimum Gasteiger partial charge on any atom is -0.300 e. The number of Topliss-reactive ketones (excluding diaryl/α,β-unsaturated/α-hetero) is 1. The molecule has 0 radical (unpaired) electrons. The quantitative estimate of drug-likeness (QED) is 0.730. The molecule has 0 spiro atoms. The molecule has 0 atom stereocenters. The topological polar surface area (TPSA) is 42.9 Å². The van der Waals surface area contributed by atoms with Crippen LogP contribution in [0.15, 0.2) is 41.9 Å². The molecule has 0 bridgehead atoms. The van der Waals surface area contributed by atoms with Gasteiger partial charge in [0.25, 0.3) is 0 Å². The van der Waals surface area contributed by atoms with E-state index in [2.05, 4.69) is 27.5 Å². The Labute approximate surface area is 115 Å². The molecule has 0 N–H and O–H groups in total. The number of aromatic nitrogens is 2. The van der Waals surface area contributed by atoms with Crippen molar-refractivity contribution in [1.82, 2.24) is 9.97 Å². The number of benzene rings is 1. The van der Waals surface area contributed by atoms with Gasteiger partial charge in [0.15, 0.2) is 0 Å². The Kier molecular flexibility index (Phi) is 3.09.